The molecular formula is C15H31N3. The van der Waals surface area contributed by atoms with E-state index in [-0.39, 0.29) is 0 Å². The Morgan fingerprint density at radius 2 is 2.17 bits per heavy atom. The van der Waals surface area contributed by atoms with Crippen molar-refractivity contribution in [1.82, 2.24) is 15.1 Å². The van der Waals surface area contributed by atoms with Crippen molar-refractivity contribution in [2.45, 2.75) is 64.1 Å². The van der Waals surface area contributed by atoms with Gasteiger partial charge >= 0.3 is 0 Å². The first kappa shape index (κ1) is 14.3. The van der Waals surface area contributed by atoms with Crippen molar-refractivity contribution >= 4 is 0 Å². The van der Waals surface area contributed by atoms with Crippen molar-refractivity contribution in [3.8, 4) is 0 Å². The maximum atomic E-state index is 3.78. The molecule has 0 aromatic heterocycles. The van der Waals surface area contributed by atoms with Gasteiger partial charge in [-0.1, -0.05) is 6.92 Å². The Kier molecular flexibility index (Phi) is 5.46. The van der Waals surface area contributed by atoms with Crippen LogP contribution >= 0.6 is 0 Å². The van der Waals surface area contributed by atoms with Crippen LogP contribution in [0, 0.1) is 0 Å². The molecule has 0 spiro atoms. The van der Waals surface area contributed by atoms with Gasteiger partial charge in [-0.15, -0.1) is 0 Å². The second-order valence-electron chi connectivity index (χ2n) is 6.25. The summed E-state index contributed by atoms with van der Waals surface area (Å²) in [4.78, 5) is 5.17. The summed E-state index contributed by atoms with van der Waals surface area (Å²) in [5.41, 5.74) is 0. The minimum absolute atomic E-state index is 0.712. The van der Waals surface area contributed by atoms with Crippen LogP contribution in [0.1, 0.15) is 46.0 Å². The molecule has 3 unspecified atom stereocenters. The normalized spacial score (nSPS) is 30.7. The third-order valence-corrected chi connectivity index (χ3v) is 5.06. The van der Waals surface area contributed by atoms with E-state index in [1.807, 2.05) is 0 Å². The summed E-state index contributed by atoms with van der Waals surface area (Å²) in [6, 6.07) is 2.38. The number of hydrogen-bond acceptors (Lipinski definition) is 3. The molecule has 3 atom stereocenters. The molecule has 3 nitrogen and oxygen atoms in total. The number of nitrogens with zero attached hydrogens (tertiary/aromatic N) is 2. The third kappa shape index (κ3) is 3.69. The second kappa shape index (κ2) is 6.88. The number of likely N-dealkylation sites (N-methyl/N-ethyl adjacent to an activating group) is 1. The first-order chi connectivity index (χ1) is 8.70. The minimum Gasteiger partial charge on any atom is -0.313 e. The lowest BCUT2D eigenvalue weighted by molar-refractivity contribution is 0.163. The van der Waals surface area contributed by atoms with Crippen molar-refractivity contribution in [3.63, 3.8) is 0 Å². The molecule has 0 aromatic carbocycles. The summed E-state index contributed by atoms with van der Waals surface area (Å²) in [7, 11) is 2.25. The Balaban J connectivity index is 1.62. The van der Waals surface area contributed by atoms with Crippen molar-refractivity contribution in [2.75, 3.05) is 33.2 Å². The Morgan fingerprint density at radius 3 is 2.94 bits per heavy atom. The number of nitrogens with one attached hydrogen (secondary N) is 1. The molecule has 2 saturated heterocycles. The molecule has 2 heterocycles. The largest absolute Gasteiger partial charge is 0.313 e. The molecule has 2 fully saturated rings. The molecule has 0 bridgehead atoms. The topological polar surface area (TPSA) is 18.5 Å². The highest BCUT2D eigenvalue weighted by Crippen LogP contribution is 2.26. The van der Waals surface area contributed by atoms with Crippen LogP contribution in [0.15, 0.2) is 0 Å². The highest BCUT2D eigenvalue weighted by Gasteiger charge is 2.31. The van der Waals surface area contributed by atoms with Crippen molar-refractivity contribution in [1.29, 1.82) is 0 Å². The zero-order valence-corrected chi connectivity index (χ0v) is 12.5. The average Bonchev–Trinajstić information content (AvgIpc) is 2.85. The van der Waals surface area contributed by atoms with Gasteiger partial charge in [-0.05, 0) is 59.2 Å². The van der Waals surface area contributed by atoms with Gasteiger partial charge in [0, 0.05) is 31.2 Å². The predicted molar refractivity (Wildman–Crippen MR) is 78.0 cm³/mol. The van der Waals surface area contributed by atoms with Crippen LogP contribution in [0.4, 0.5) is 0 Å². The molecule has 18 heavy (non-hydrogen) atoms. The Bertz CT molecular complexity index is 244. The molecule has 2 aliphatic heterocycles. The first-order valence-corrected chi connectivity index (χ1v) is 7.88. The van der Waals surface area contributed by atoms with E-state index in [4.69, 9.17) is 0 Å². The highest BCUT2D eigenvalue weighted by molar-refractivity contribution is 4.89. The lowest BCUT2D eigenvalue weighted by Crippen LogP contribution is -2.47. The van der Waals surface area contributed by atoms with E-state index in [1.165, 1.54) is 51.7 Å². The van der Waals surface area contributed by atoms with Crippen LogP contribution < -0.4 is 5.32 Å². The first-order valence-electron chi connectivity index (χ1n) is 7.88. The van der Waals surface area contributed by atoms with Crippen molar-refractivity contribution in [3.05, 3.63) is 0 Å². The standard InChI is InChI=1S/C15H31N3/c1-4-13(2)17(3)11-8-16-14-7-10-18-9-5-6-15(18)12-14/h13-16H,4-12H2,1-3H3. The number of rotatable bonds is 6. The van der Waals surface area contributed by atoms with Gasteiger partial charge in [0.15, 0.2) is 0 Å². The van der Waals surface area contributed by atoms with Crippen LogP contribution in [-0.2, 0) is 0 Å². The molecule has 106 valence electrons. The summed E-state index contributed by atoms with van der Waals surface area (Å²) >= 11 is 0. The van der Waals surface area contributed by atoms with E-state index in [0.29, 0.717) is 6.04 Å². The van der Waals surface area contributed by atoms with Crippen molar-refractivity contribution in [2.24, 2.45) is 0 Å². The molecule has 2 aliphatic rings. The van der Waals surface area contributed by atoms with Gasteiger partial charge in [0.25, 0.3) is 0 Å². The molecule has 0 aromatic rings. The van der Waals surface area contributed by atoms with Gasteiger partial charge in [-0.3, -0.25) is 0 Å². The Hall–Kier alpha value is -0.120. The van der Waals surface area contributed by atoms with Crippen LogP contribution in [0.3, 0.4) is 0 Å². The summed E-state index contributed by atoms with van der Waals surface area (Å²) in [6.07, 6.45) is 6.84. The molecule has 1 N–H and O–H groups in total. The summed E-state index contributed by atoms with van der Waals surface area (Å²) in [5.74, 6) is 0. The van der Waals surface area contributed by atoms with Gasteiger partial charge in [-0.25, -0.2) is 0 Å². The maximum Gasteiger partial charge on any atom is 0.0111 e. The zero-order valence-electron chi connectivity index (χ0n) is 12.5. The fraction of sp³-hybridized carbons (Fsp3) is 1.00. The molecule has 0 aliphatic carbocycles. The van der Waals surface area contributed by atoms with E-state index in [2.05, 4.69) is 36.0 Å². The molecule has 0 amide bonds. The Morgan fingerprint density at radius 1 is 1.33 bits per heavy atom. The van der Waals surface area contributed by atoms with E-state index >= 15 is 0 Å². The van der Waals surface area contributed by atoms with Crippen LogP contribution in [-0.4, -0.2) is 61.2 Å². The number of piperidine rings is 1. The van der Waals surface area contributed by atoms with E-state index in [1.54, 1.807) is 0 Å². The quantitative estimate of drug-likeness (QED) is 0.780. The van der Waals surface area contributed by atoms with E-state index < -0.39 is 0 Å². The molecule has 0 saturated carbocycles. The summed E-state index contributed by atoms with van der Waals surface area (Å²) in [6.45, 7) is 9.59. The average molecular weight is 253 g/mol. The summed E-state index contributed by atoms with van der Waals surface area (Å²) in [5, 5.41) is 3.78. The second-order valence-corrected chi connectivity index (χ2v) is 6.25. The lowest BCUT2D eigenvalue weighted by atomic mass is 9.97. The lowest BCUT2D eigenvalue weighted by Gasteiger charge is -2.35. The predicted octanol–water partition coefficient (Wildman–Crippen LogP) is 1.93. The zero-order chi connectivity index (χ0) is 13.0. The summed E-state index contributed by atoms with van der Waals surface area (Å²) < 4.78 is 0. The molecule has 0 radical (unpaired) electrons. The molecule has 2 rings (SSSR count). The highest BCUT2D eigenvalue weighted by atomic mass is 15.2. The number of fused-ring (bicyclic) bond motifs is 1. The van der Waals surface area contributed by atoms with Gasteiger partial charge in [0.2, 0.25) is 0 Å². The fourth-order valence-electron chi connectivity index (χ4n) is 3.39. The van der Waals surface area contributed by atoms with Gasteiger partial charge in [0.05, 0.1) is 0 Å². The maximum absolute atomic E-state index is 3.78. The van der Waals surface area contributed by atoms with E-state index in [9.17, 15) is 0 Å². The van der Waals surface area contributed by atoms with Crippen LogP contribution in [0.25, 0.3) is 0 Å². The Labute approximate surface area is 113 Å². The van der Waals surface area contributed by atoms with Crippen LogP contribution in [0.5, 0.6) is 0 Å². The molecule has 3 heteroatoms. The minimum atomic E-state index is 0.712. The smallest absolute Gasteiger partial charge is 0.0111 e. The SMILES string of the molecule is CCC(C)N(C)CCNC1CCN2CCCC2C1. The van der Waals surface area contributed by atoms with Gasteiger partial charge in [0.1, 0.15) is 0 Å². The van der Waals surface area contributed by atoms with E-state index in [0.717, 1.165) is 18.6 Å². The van der Waals surface area contributed by atoms with Gasteiger partial charge in [-0.2, -0.15) is 0 Å². The van der Waals surface area contributed by atoms with Crippen LogP contribution in [0.2, 0.25) is 0 Å². The fourth-order valence-corrected chi connectivity index (χ4v) is 3.39. The monoisotopic (exact) mass is 253 g/mol. The third-order valence-electron chi connectivity index (χ3n) is 5.06. The molecular weight excluding hydrogens is 222 g/mol. The number of hydrogen-bond donors (Lipinski definition) is 1. The van der Waals surface area contributed by atoms with Crippen molar-refractivity contribution < 1.29 is 0 Å². The van der Waals surface area contributed by atoms with Gasteiger partial charge < -0.3 is 15.1 Å².